The van der Waals surface area contributed by atoms with E-state index in [1.165, 1.54) is 0 Å². The van der Waals surface area contributed by atoms with Gasteiger partial charge in [-0.3, -0.25) is 0 Å². The van der Waals surface area contributed by atoms with Gasteiger partial charge >= 0.3 is 0 Å². The van der Waals surface area contributed by atoms with Gasteiger partial charge in [-0.15, -0.1) is 6.42 Å². The Morgan fingerprint density at radius 1 is 1.35 bits per heavy atom. The Bertz CT molecular complexity index is 432. The van der Waals surface area contributed by atoms with Crippen molar-refractivity contribution in [3.8, 4) is 18.1 Å². The van der Waals surface area contributed by atoms with Gasteiger partial charge in [-0.25, -0.2) is 0 Å². The van der Waals surface area contributed by atoms with Crippen LogP contribution >= 0.6 is 15.9 Å². The van der Waals surface area contributed by atoms with Gasteiger partial charge in [-0.1, -0.05) is 21.9 Å². The summed E-state index contributed by atoms with van der Waals surface area (Å²) >= 11 is 3.45. The van der Waals surface area contributed by atoms with Gasteiger partial charge in [-0.2, -0.15) is 0 Å². The van der Waals surface area contributed by atoms with Crippen molar-refractivity contribution in [3.63, 3.8) is 0 Å². The van der Waals surface area contributed by atoms with Crippen LogP contribution in [0.15, 0.2) is 22.7 Å². The van der Waals surface area contributed by atoms with Crippen molar-refractivity contribution >= 4 is 15.9 Å². The van der Waals surface area contributed by atoms with Gasteiger partial charge in [0.1, 0.15) is 12.4 Å². The van der Waals surface area contributed by atoms with Gasteiger partial charge < -0.3 is 19.9 Å². The summed E-state index contributed by atoms with van der Waals surface area (Å²) in [7, 11) is 0. The van der Waals surface area contributed by atoms with E-state index in [1.54, 1.807) is 0 Å². The first-order chi connectivity index (χ1) is 9.77. The van der Waals surface area contributed by atoms with Crippen LogP contribution in [0, 0.1) is 12.3 Å². The molecule has 0 radical (unpaired) electrons. The number of rotatable bonds is 10. The highest BCUT2D eigenvalue weighted by molar-refractivity contribution is 9.10. The fraction of sp³-hybridized carbons (Fsp3) is 0.467. The minimum absolute atomic E-state index is 0.0708. The molecule has 5 heteroatoms. The quantitative estimate of drug-likeness (QED) is 0.504. The number of terminal acetylenes is 1. The highest BCUT2D eigenvalue weighted by atomic mass is 79.9. The molecule has 110 valence electrons. The molecule has 0 bridgehead atoms. The average Bonchev–Trinajstić information content (AvgIpc) is 2.45. The second-order valence-electron chi connectivity index (χ2n) is 4.11. The predicted molar refractivity (Wildman–Crippen MR) is 82.7 cm³/mol. The number of aliphatic hydroxyl groups is 1. The molecule has 2 N–H and O–H groups in total. The first-order valence-electron chi connectivity index (χ1n) is 6.52. The third-order valence-electron chi connectivity index (χ3n) is 2.53. The summed E-state index contributed by atoms with van der Waals surface area (Å²) in [6.45, 7) is 2.93. The Labute approximate surface area is 128 Å². The van der Waals surface area contributed by atoms with Crippen molar-refractivity contribution in [2.24, 2.45) is 0 Å². The molecule has 1 rings (SSSR count). The van der Waals surface area contributed by atoms with Crippen LogP contribution in [0.5, 0.6) is 5.75 Å². The van der Waals surface area contributed by atoms with E-state index in [1.807, 2.05) is 18.2 Å². The fourth-order valence-electron chi connectivity index (χ4n) is 1.64. The Morgan fingerprint density at radius 3 is 2.95 bits per heavy atom. The number of halogens is 1. The van der Waals surface area contributed by atoms with Crippen LogP contribution in [0.25, 0.3) is 0 Å². The standard InChI is InChI=1S/C15H20BrNO3/c1-2-8-20-15-5-4-14(16)11-13(15)12-17-6-3-9-19-10-7-18/h1,4-5,11,17-18H,3,6-10,12H2. The molecule has 1 aromatic carbocycles. The van der Waals surface area contributed by atoms with Crippen LogP contribution < -0.4 is 10.1 Å². The maximum absolute atomic E-state index is 8.57. The van der Waals surface area contributed by atoms with Crippen molar-refractivity contribution in [1.82, 2.24) is 5.32 Å². The molecule has 4 nitrogen and oxygen atoms in total. The molecule has 0 heterocycles. The molecule has 20 heavy (non-hydrogen) atoms. The van der Waals surface area contributed by atoms with Crippen LogP contribution in [0.3, 0.4) is 0 Å². The SMILES string of the molecule is C#CCOc1ccc(Br)cc1CNCCCOCCO. The van der Waals surface area contributed by atoms with E-state index in [2.05, 4.69) is 27.2 Å². The van der Waals surface area contributed by atoms with E-state index in [9.17, 15) is 0 Å². The van der Waals surface area contributed by atoms with Gasteiger partial charge in [0.2, 0.25) is 0 Å². The van der Waals surface area contributed by atoms with E-state index in [4.69, 9.17) is 21.0 Å². The van der Waals surface area contributed by atoms with Gasteiger partial charge in [0, 0.05) is 23.2 Å². The molecule has 0 spiro atoms. The molecular formula is C15H20BrNO3. The molecule has 0 fully saturated rings. The Balaban J connectivity index is 2.34. The van der Waals surface area contributed by atoms with E-state index >= 15 is 0 Å². The molecule has 0 atom stereocenters. The second kappa shape index (κ2) is 10.7. The minimum Gasteiger partial charge on any atom is -0.481 e. The van der Waals surface area contributed by atoms with Crippen LogP contribution in [-0.2, 0) is 11.3 Å². The molecule has 0 aliphatic heterocycles. The Kier molecular flexibility index (Phi) is 9.09. The normalized spacial score (nSPS) is 10.2. The summed E-state index contributed by atoms with van der Waals surface area (Å²) in [5.41, 5.74) is 1.06. The Hall–Kier alpha value is -1.06. The van der Waals surface area contributed by atoms with Gasteiger partial charge in [0.25, 0.3) is 0 Å². The molecule has 0 aromatic heterocycles. The smallest absolute Gasteiger partial charge is 0.148 e. The average molecular weight is 342 g/mol. The van der Waals surface area contributed by atoms with E-state index < -0.39 is 0 Å². The van der Waals surface area contributed by atoms with Crippen LogP contribution in [-0.4, -0.2) is 38.1 Å². The van der Waals surface area contributed by atoms with Gasteiger partial charge in [-0.05, 0) is 31.2 Å². The maximum Gasteiger partial charge on any atom is 0.148 e. The Morgan fingerprint density at radius 2 is 2.20 bits per heavy atom. The number of aliphatic hydroxyl groups excluding tert-OH is 1. The highest BCUT2D eigenvalue weighted by Crippen LogP contribution is 2.23. The third kappa shape index (κ3) is 6.92. The summed E-state index contributed by atoms with van der Waals surface area (Å²) in [5, 5.41) is 11.9. The van der Waals surface area contributed by atoms with Crippen LogP contribution in [0.4, 0.5) is 0 Å². The molecule has 0 saturated heterocycles. The van der Waals surface area contributed by atoms with E-state index in [-0.39, 0.29) is 13.2 Å². The lowest BCUT2D eigenvalue weighted by Crippen LogP contribution is -2.17. The van der Waals surface area contributed by atoms with Gasteiger partial charge in [0.05, 0.1) is 13.2 Å². The molecular weight excluding hydrogens is 322 g/mol. The summed E-state index contributed by atoms with van der Waals surface area (Å²) < 4.78 is 11.7. The lowest BCUT2D eigenvalue weighted by atomic mass is 10.2. The molecule has 0 saturated carbocycles. The number of hydrogen-bond acceptors (Lipinski definition) is 4. The van der Waals surface area contributed by atoms with Crippen molar-refractivity contribution in [2.75, 3.05) is 33.0 Å². The number of hydrogen-bond donors (Lipinski definition) is 2. The van der Waals surface area contributed by atoms with Crippen LogP contribution in [0.2, 0.25) is 0 Å². The predicted octanol–water partition coefficient (Wildman–Crippen LogP) is 1.95. The number of nitrogens with one attached hydrogen (secondary N) is 1. The van der Waals surface area contributed by atoms with E-state index in [0.717, 1.165) is 28.8 Å². The van der Waals surface area contributed by atoms with Crippen molar-refractivity contribution in [2.45, 2.75) is 13.0 Å². The molecule has 0 amide bonds. The minimum atomic E-state index is 0.0708. The van der Waals surface area contributed by atoms with Crippen LogP contribution in [0.1, 0.15) is 12.0 Å². The van der Waals surface area contributed by atoms with E-state index in [0.29, 0.717) is 19.8 Å². The monoisotopic (exact) mass is 341 g/mol. The van der Waals surface area contributed by atoms with Crippen molar-refractivity contribution < 1.29 is 14.6 Å². The fourth-order valence-corrected chi connectivity index (χ4v) is 2.04. The van der Waals surface area contributed by atoms with Crippen molar-refractivity contribution in [1.29, 1.82) is 0 Å². The maximum atomic E-state index is 8.57. The first-order valence-corrected chi connectivity index (χ1v) is 7.31. The van der Waals surface area contributed by atoms with Crippen molar-refractivity contribution in [3.05, 3.63) is 28.2 Å². The summed E-state index contributed by atoms with van der Waals surface area (Å²) in [6.07, 6.45) is 6.10. The number of benzene rings is 1. The summed E-state index contributed by atoms with van der Waals surface area (Å²) in [5.74, 6) is 3.26. The zero-order chi connectivity index (χ0) is 14.6. The lowest BCUT2D eigenvalue weighted by molar-refractivity contribution is 0.0907. The molecule has 1 aromatic rings. The second-order valence-corrected chi connectivity index (χ2v) is 5.03. The topological polar surface area (TPSA) is 50.7 Å². The zero-order valence-corrected chi connectivity index (χ0v) is 13.0. The highest BCUT2D eigenvalue weighted by Gasteiger charge is 2.04. The molecule has 0 aliphatic rings. The third-order valence-corrected chi connectivity index (χ3v) is 3.02. The van der Waals surface area contributed by atoms with Gasteiger partial charge in [0.15, 0.2) is 0 Å². The zero-order valence-electron chi connectivity index (χ0n) is 11.4. The lowest BCUT2D eigenvalue weighted by Gasteiger charge is -2.11. The number of ether oxygens (including phenoxy) is 2. The summed E-state index contributed by atoms with van der Waals surface area (Å²) in [6, 6.07) is 5.85. The molecule has 0 unspecified atom stereocenters. The largest absolute Gasteiger partial charge is 0.481 e. The first kappa shape index (κ1) is 17.0. The summed E-state index contributed by atoms with van der Waals surface area (Å²) in [4.78, 5) is 0. The molecule has 0 aliphatic carbocycles.